The van der Waals surface area contributed by atoms with Gasteiger partial charge in [0.2, 0.25) is 0 Å². The third kappa shape index (κ3) is 4.18. The molecule has 23 heavy (non-hydrogen) atoms. The van der Waals surface area contributed by atoms with E-state index >= 15 is 0 Å². The molecule has 1 fully saturated rings. The first-order valence-electron chi connectivity index (χ1n) is 7.95. The highest BCUT2D eigenvalue weighted by molar-refractivity contribution is 7.98. The first kappa shape index (κ1) is 16.1. The molecular weight excluding hydrogens is 306 g/mol. The van der Waals surface area contributed by atoms with Crippen LogP contribution < -0.4 is 5.32 Å². The maximum atomic E-state index is 12.3. The lowest BCUT2D eigenvalue weighted by molar-refractivity contribution is 0.0987. The molecule has 3 rings (SSSR count). The molecule has 5 heteroatoms. The summed E-state index contributed by atoms with van der Waals surface area (Å²) in [5, 5.41) is 4.27. The summed E-state index contributed by atoms with van der Waals surface area (Å²) in [6.07, 6.45) is 8.00. The fraction of sp³-hybridized carbons (Fsp3) is 0.389. The maximum Gasteiger partial charge on any atom is 0.187 e. The van der Waals surface area contributed by atoms with Crippen molar-refractivity contribution in [3.05, 3.63) is 53.5 Å². The molecule has 0 bridgehead atoms. The largest absolute Gasteiger partial charge is 0.316 e. The van der Waals surface area contributed by atoms with E-state index in [1.54, 1.807) is 12.4 Å². The lowest BCUT2D eigenvalue weighted by Gasteiger charge is -2.23. The van der Waals surface area contributed by atoms with Crippen molar-refractivity contribution in [1.29, 1.82) is 0 Å². The van der Waals surface area contributed by atoms with Crippen LogP contribution in [0, 0.1) is 0 Å². The molecule has 1 aliphatic heterocycles. The van der Waals surface area contributed by atoms with Gasteiger partial charge in [0.15, 0.2) is 5.78 Å². The third-order valence-corrected chi connectivity index (χ3v) is 4.86. The molecule has 4 nitrogen and oxygen atoms in total. The average Bonchev–Trinajstić information content (AvgIpc) is 2.63. The highest BCUT2D eigenvalue weighted by Crippen LogP contribution is 2.23. The molecule has 120 valence electrons. The van der Waals surface area contributed by atoms with Gasteiger partial charge in [0.25, 0.3) is 0 Å². The minimum Gasteiger partial charge on any atom is -0.316 e. The van der Waals surface area contributed by atoms with E-state index in [-0.39, 0.29) is 5.78 Å². The smallest absolute Gasteiger partial charge is 0.187 e. The Morgan fingerprint density at radius 1 is 1.26 bits per heavy atom. The highest BCUT2D eigenvalue weighted by Gasteiger charge is 2.15. The van der Waals surface area contributed by atoms with Crippen LogP contribution in [-0.2, 0) is 6.42 Å². The summed E-state index contributed by atoms with van der Waals surface area (Å²) in [5.41, 5.74) is 2.82. The molecule has 1 saturated heterocycles. The summed E-state index contributed by atoms with van der Waals surface area (Å²) < 4.78 is 0. The van der Waals surface area contributed by atoms with Crippen LogP contribution in [0.4, 0.5) is 0 Å². The van der Waals surface area contributed by atoms with Crippen LogP contribution in [0.5, 0.6) is 0 Å². The van der Waals surface area contributed by atoms with Crippen molar-refractivity contribution in [3.8, 4) is 0 Å². The Hall–Kier alpha value is -1.72. The van der Waals surface area contributed by atoms with Gasteiger partial charge in [0.05, 0.1) is 12.4 Å². The van der Waals surface area contributed by atoms with Crippen molar-refractivity contribution in [3.63, 3.8) is 0 Å². The summed E-state index contributed by atoms with van der Waals surface area (Å²) in [5.74, 6) is 0.607. The number of nitrogens with one attached hydrogen (secondary N) is 1. The fourth-order valence-corrected chi connectivity index (χ4v) is 3.20. The number of rotatable bonds is 5. The molecule has 1 aromatic carbocycles. The molecule has 0 spiro atoms. The topological polar surface area (TPSA) is 54.9 Å². The van der Waals surface area contributed by atoms with Crippen LogP contribution in [0.3, 0.4) is 0 Å². The van der Waals surface area contributed by atoms with Gasteiger partial charge in [0, 0.05) is 13.0 Å². The molecule has 0 amide bonds. The van der Waals surface area contributed by atoms with Gasteiger partial charge in [-0.15, -0.1) is 11.8 Å². The quantitative estimate of drug-likeness (QED) is 0.675. The molecule has 2 heterocycles. The minimum absolute atomic E-state index is 0.0113. The molecule has 1 aromatic heterocycles. The molecule has 1 aliphatic rings. The predicted octanol–water partition coefficient (Wildman–Crippen LogP) is 3.09. The second-order valence-corrected chi connectivity index (χ2v) is 6.66. The van der Waals surface area contributed by atoms with Gasteiger partial charge in [-0.3, -0.25) is 4.79 Å². The number of thioether (sulfide) groups is 1. The van der Waals surface area contributed by atoms with E-state index in [2.05, 4.69) is 39.6 Å². The number of piperidine rings is 1. The van der Waals surface area contributed by atoms with Gasteiger partial charge < -0.3 is 5.32 Å². The van der Waals surface area contributed by atoms with Gasteiger partial charge in [-0.25, -0.2) is 9.97 Å². The van der Waals surface area contributed by atoms with Gasteiger partial charge in [-0.2, -0.15) is 0 Å². The number of benzene rings is 1. The van der Waals surface area contributed by atoms with Gasteiger partial charge in [0.1, 0.15) is 10.7 Å². The van der Waals surface area contributed by atoms with Crippen molar-refractivity contribution in [1.82, 2.24) is 15.3 Å². The average molecular weight is 327 g/mol. The molecule has 2 aromatic rings. The van der Waals surface area contributed by atoms with Crippen molar-refractivity contribution in [2.75, 3.05) is 19.3 Å². The lowest BCUT2D eigenvalue weighted by atomic mass is 9.91. The van der Waals surface area contributed by atoms with Crippen molar-refractivity contribution >= 4 is 17.5 Å². The van der Waals surface area contributed by atoms with Gasteiger partial charge in [-0.05, 0) is 42.7 Å². The number of carbonyl (C=O) groups excluding carboxylic acids is 1. The molecule has 0 aliphatic carbocycles. The predicted molar refractivity (Wildman–Crippen MR) is 93.1 cm³/mol. The Bertz CT molecular complexity index is 649. The zero-order valence-electron chi connectivity index (χ0n) is 13.3. The second-order valence-electron chi connectivity index (χ2n) is 5.83. The Morgan fingerprint density at radius 3 is 2.70 bits per heavy atom. The summed E-state index contributed by atoms with van der Waals surface area (Å²) in [7, 11) is 0. The van der Waals surface area contributed by atoms with E-state index in [1.165, 1.54) is 30.2 Å². The number of aromatic nitrogens is 2. The number of hydrogen-bond donors (Lipinski definition) is 1. The second kappa shape index (κ2) is 7.70. The van der Waals surface area contributed by atoms with Crippen LogP contribution in [0.2, 0.25) is 0 Å². The summed E-state index contributed by atoms with van der Waals surface area (Å²) in [6, 6.07) is 8.43. The highest BCUT2D eigenvalue weighted by atomic mass is 32.2. The van der Waals surface area contributed by atoms with E-state index in [4.69, 9.17) is 0 Å². The SMILES string of the molecule is CSc1cnc(C(=O)Cc2ccc([C@@H]3CCCNC3)cc2)cn1. The molecule has 0 saturated carbocycles. The molecule has 0 unspecified atom stereocenters. The number of hydrogen-bond acceptors (Lipinski definition) is 5. The van der Waals surface area contributed by atoms with E-state index in [1.807, 2.05) is 6.26 Å². The van der Waals surface area contributed by atoms with Crippen LogP contribution in [0.1, 0.15) is 40.4 Å². The molecule has 1 N–H and O–H groups in total. The van der Waals surface area contributed by atoms with Crippen molar-refractivity contribution in [2.45, 2.75) is 30.2 Å². The fourth-order valence-electron chi connectivity index (χ4n) is 2.89. The van der Waals surface area contributed by atoms with E-state index in [0.717, 1.165) is 23.7 Å². The van der Waals surface area contributed by atoms with Crippen LogP contribution in [-0.4, -0.2) is 35.1 Å². The Morgan fingerprint density at radius 2 is 2.09 bits per heavy atom. The van der Waals surface area contributed by atoms with Crippen molar-refractivity contribution < 1.29 is 4.79 Å². The van der Waals surface area contributed by atoms with Crippen molar-refractivity contribution in [2.24, 2.45) is 0 Å². The number of carbonyl (C=O) groups is 1. The lowest BCUT2D eigenvalue weighted by Crippen LogP contribution is -2.28. The number of Topliss-reactive ketones (excluding diaryl/α,β-unsaturated/α-hetero) is 1. The third-order valence-electron chi connectivity index (χ3n) is 4.24. The summed E-state index contributed by atoms with van der Waals surface area (Å²) in [4.78, 5) is 20.7. The van der Waals surface area contributed by atoms with Crippen LogP contribution >= 0.6 is 11.8 Å². The molecule has 0 radical (unpaired) electrons. The molecular formula is C18H21N3OS. The van der Waals surface area contributed by atoms with Crippen LogP contribution in [0.25, 0.3) is 0 Å². The molecule has 1 atom stereocenters. The maximum absolute atomic E-state index is 12.3. The number of nitrogens with zero attached hydrogens (tertiary/aromatic N) is 2. The normalized spacial score (nSPS) is 17.9. The summed E-state index contributed by atoms with van der Waals surface area (Å²) in [6.45, 7) is 2.18. The Labute approximate surface area is 141 Å². The zero-order chi connectivity index (χ0) is 16.1. The number of ketones is 1. The van der Waals surface area contributed by atoms with Gasteiger partial charge in [-0.1, -0.05) is 24.3 Å². The summed E-state index contributed by atoms with van der Waals surface area (Å²) >= 11 is 1.52. The van der Waals surface area contributed by atoms with E-state index in [9.17, 15) is 4.79 Å². The van der Waals surface area contributed by atoms with Crippen LogP contribution in [0.15, 0.2) is 41.7 Å². The Kier molecular flexibility index (Phi) is 5.41. The van der Waals surface area contributed by atoms with E-state index in [0.29, 0.717) is 18.0 Å². The first-order valence-corrected chi connectivity index (χ1v) is 9.17. The Balaban J connectivity index is 1.63. The van der Waals surface area contributed by atoms with E-state index < -0.39 is 0 Å². The minimum atomic E-state index is 0.0113. The first-order chi connectivity index (χ1) is 11.3. The standard InChI is InChI=1S/C18H21N3OS/c1-23-18-12-20-16(11-21-18)17(22)9-13-4-6-14(7-5-13)15-3-2-8-19-10-15/h4-7,11-12,15,19H,2-3,8-10H2,1H3/t15-/m1/s1. The van der Waals surface area contributed by atoms with Gasteiger partial charge >= 0.3 is 0 Å². The monoisotopic (exact) mass is 327 g/mol. The zero-order valence-corrected chi connectivity index (χ0v) is 14.1.